The van der Waals surface area contributed by atoms with Crippen LogP contribution >= 0.6 is 0 Å². The van der Waals surface area contributed by atoms with Crippen LogP contribution in [0.4, 0.5) is 0 Å². The third-order valence-corrected chi connectivity index (χ3v) is 5.26. The molecule has 0 bridgehead atoms. The van der Waals surface area contributed by atoms with Gasteiger partial charge in [0.15, 0.2) is 0 Å². The molecule has 0 unspecified atom stereocenters. The summed E-state index contributed by atoms with van der Waals surface area (Å²) in [6.45, 7) is 2.07. The number of benzene rings is 2. The molecule has 25 heavy (non-hydrogen) atoms. The van der Waals surface area contributed by atoms with Gasteiger partial charge in [0.1, 0.15) is 0 Å². The second-order valence-corrected chi connectivity index (χ2v) is 6.67. The molecule has 2 aromatic rings. The summed E-state index contributed by atoms with van der Waals surface area (Å²) in [5.41, 5.74) is 8.37. The zero-order valence-electron chi connectivity index (χ0n) is 14.3. The Kier molecular flexibility index (Phi) is 5.16. The molecule has 128 valence electrons. The molecule has 1 fully saturated rings. The molecule has 0 atom stereocenters. The van der Waals surface area contributed by atoms with Gasteiger partial charge in [-0.3, -0.25) is 4.79 Å². The van der Waals surface area contributed by atoms with Crippen molar-refractivity contribution < 1.29 is 4.79 Å². The van der Waals surface area contributed by atoms with Gasteiger partial charge in [-0.15, -0.1) is 0 Å². The van der Waals surface area contributed by atoms with Gasteiger partial charge in [0.25, 0.3) is 5.91 Å². The van der Waals surface area contributed by atoms with Crippen molar-refractivity contribution in [2.75, 3.05) is 19.6 Å². The van der Waals surface area contributed by atoms with Crippen LogP contribution in [0.5, 0.6) is 0 Å². The van der Waals surface area contributed by atoms with Gasteiger partial charge in [0.05, 0.1) is 11.6 Å². The lowest BCUT2D eigenvalue weighted by atomic mass is 9.70. The molecule has 1 heterocycles. The van der Waals surface area contributed by atoms with Crippen LogP contribution in [0.3, 0.4) is 0 Å². The molecule has 4 nitrogen and oxygen atoms in total. The van der Waals surface area contributed by atoms with Crippen molar-refractivity contribution in [3.63, 3.8) is 0 Å². The number of carbonyl (C=O) groups is 1. The Bertz CT molecular complexity index is 771. The van der Waals surface area contributed by atoms with Crippen LogP contribution < -0.4 is 5.73 Å². The molecular weight excluding hydrogens is 310 g/mol. The fourth-order valence-electron chi connectivity index (χ4n) is 3.79. The second-order valence-electron chi connectivity index (χ2n) is 6.67. The van der Waals surface area contributed by atoms with E-state index in [1.807, 2.05) is 11.0 Å². The lowest BCUT2D eigenvalue weighted by Gasteiger charge is -2.42. The van der Waals surface area contributed by atoms with E-state index in [-0.39, 0.29) is 11.3 Å². The van der Waals surface area contributed by atoms with Gasteiger partial charge >= 0.3 is 0 Å². The van der Waals surface area contributed by atoms with Gasteiger partial charge in [-0.25, -0.2) is 0 Å². The standard InChI is InChI=1S/C21H23N3O/c22-12-9-21(19-7-2-1-3-8-19)10-13-24(14-11-21)20(25)18-6-4-5-17(15-18)16-23/h1-8,15H,9-14,22H2. The Hall–Kier alpha value is -2.64. The van der Waals surface area contributed by atoms with E-state index in [0.29, 0.717) is 30.8 Å². The SMILES string of the molecule is N#Cc1cccc(C(=O)N2CCC(CCN)(c3ccccc3)CC2)c1. The molecule has 1 aliphatic rings. The number of nitrogens with two attached hydrogens (primary N) is 1. The predicted octanol–water partition coefficient (Wildman–Crippen LogP) is 3.08. The highest BCUT2D eigenvalue weighted by atomic mass is 16.2. The minimum atomic E-state index is 0.00603. The normalized spacial score (nSPS) is 16.2. The van der Waals surface area contributed by atoms with E-state index in [4.69, 9.17) is 11.0 Å². The molecule has 1 amide bonds. The first kappa shape index (κ1) is 17.2. The molecular formula is C21H23N3O. The number of amides is 1. The van der Waals surface area contributed by atoms with Crippen molar-refractivity contribution in [1.82, 2.24) is 4.90 Å². The molecule has 0 radical (unpaired) electrons. The van der Waals surface area contributed by atoms with Crippen molar-refractivity contribution in [1.29, 1.82) is 5.26 Å². The summed E-state index contributed by atoms with van der Waals surface area (Å²) in [5, 5.41) is 9.02. The minimum Gasteiger partial charge on any atom is -0.339 e. The molecule has 3 rings (SSSR count). The molecule has 2 aromatic carbocycles. The van der Waals surface area contributed by atoms with E-state index in [1.54, 1.807) is 24.3 Å². The van der Waals surface area contributed by atoms with Gasteiger partial charge in [0, 0.05) is 18.7 Å². The molecule has 0 spiro atoms. The van der Waals surface area contributed by atoms with Crippen molar-refractivity contribution in [3.8, 4) is 6.07 Å². The van der Waals surface area contributed by atoms with Gasteiger partial charge < -0.3 is 10.6 Å². The van der Waals surface area contributed by atoms with Gasteiger partial charge in [0.2, 0.25) is 0 Å². The first-order valence-electron chi connectivity index (χ1n) is 8.73. The largest absolute Gasteiger partial charge is 0.339 e. The zero-order valence-corrected chi connectivity index (χ0v) is 14.3. The number of piperidine rings is 1. The van der Waals surface area contributed by atoms with E-state index in [2.05, 4.69) is 30.3 Å². The quantitative estimate of drug-likeness (QED) is 0.935. The Balaban J connectivity index is 1.75. The summed E-state index contributed by atoms with van der Waals surface area (Å²) in [4.78, 5) is 14.7. The smallest absolute Gasteiger partial charge is 0.253 e. The van der Waals surface area contributed by atoms with Crippen molar-refractivity contribution >= 4 is 5.91 Å². The lowest BCUT2D eigenvalue weighted by Crippen LogP contribution is -2.46. The first-order chi connectivity index (χ1) is 12.2. The molecule has 0 aliphatic carbocycles. The highest BCUT2D eigenvalue weighted by Crippen LogP contribution is 2.38. The molecule has 4 heteroatoms. The monoisotopic (exact) mass is 333 g/mol. The summed E-state index contributed by atoms with van der Waals surface area (Å²) < 4.78 is 0. The summed E-state index contributed by atoms with van der Waals surface area (Å²) in [7, 11) is 0. The lowest BCUT2D eigenvalue weighted by molar-refractivity contribution is 0.0660. The number of hydrogen-bond acceptors (Lipinski definition) is 3. The van der Waals surface area contributed by atoms with E-state index in [0.717, 1.165) is 19.3 Å². The highest BCUT2D eigenvalue weighted by Gasteiger charge is 2.36. The minimum absolute atomic E-state index is 0.00603. The molecule has 1 aliphatic heterocycles. The van der Waals surface area contributed by atoms with Crippen LogP contribution in [0.15, 0.2) is 54.6 Å². The predicted molar refractivity (Wildman–Crippen MR) is 98.1 cm³/mol. The Morgan fingerprint density at radius 1 is 1.12 bits per heavy atom. The Morgan fingerprint density at radius 3 is 2.48 bits per heavy atom. The number of likely N-dealkylation sites (tertiary alicyclic amines) is 1. The summed E-state index contributed by atoms with van der Waals surface area (Å²) >= 11 is 0. The van der Waals surface area contributed by atoms with Gasteiger partial charge in [-0.2, -0.15) is 5.26 Å². The average Bonchev–Trinajstić information content (AvgIpc) is 2.69. The molecule has 0 aromatic heterocycles. The van der Waals surface area contributed by atoms with Crippen molar-refractivity contribution in [3.05, 3.63) is 71.3 Å². The van der Waals surface area contributed by atoms with Crippen molar-refractivity contribution in [2.45, 2.75) is 24.7 Å². The molecule has 0 saturated carbocycles. The van der Waals surface area contributed by atoms with Crippen LogP contribution in [0.2, 0.25) is 0 Å². The number of carbonyl (C=O) groups excluding carboxylic acids is 1. The molecule has 2 N–H and O–H groups in total. The van der Waals surface area contributed by atoms with Crippen LogP contribution in [-0.2, 0) is 5.41 Å². The maximum Gasteiger partial charge on any atom is 0.253 e. The third kappa shape index (κ3) is 3.57. The number of nitrogens with zero attached hydrogens (tertiary/aromatic N) is 2. The van der Waals surface area contributed by atoms with Crippen LogP contribution in [0, 0.1) is 11.3 Å². The summed E-state index contributed by atoms with van der Waals surface area (Å²) in [5.74, 6) is 0.00603. The fourth-order valence-corrected chi connectivity index (χ4v) is 3.79. The van der Waals surface area contributed by atoms with Gasteiger partial charge in [-0.05, 0) is 55.0 Å². The van der Waals surface area contributed by atoms with Crippen LogP contribution in [0.25, 0.3) is 0 Å². The van der Waals surface area contributed by atoms with E-state index in [9.17, 15) is 4.79 Å². The Morgan fingerprint density at radius 2 is 1.84 bits per heavy atom. The fraction of sp³-hybridized carbons (Fsp3) is 0.333. The third-order valence-electron chi connectivity index (χ3n) is 5.26. The topological polar surface area (TPSA) is 70.1 Å². The highest BCUT2D eigenvalue weighted by molar-refractivity contribution is 5.94. The van der Waals surface area contributed by atoms with E-state index >= 15 is 0 Å². The number of rotatable bonds is 4. The van der Waals surface area contributed by atoms with E-state index in [1.165, 1.54) is 5.56 Å². The first-order valence-corrected chi connectivity index (χ1v) is 8.73. The van der Waals surface area contributed by atoms with Gasteiger partial charge in [-0.1, -0.05) is 36.4 Å². The van der Waals surface area contributed by atoms with Crippen LogP contribution in [-0.4, -0.2) is 30.4 Å². The van der Waals surface area contributed by atoms with E-state index < -0.39 is 0 Å². The molecule has 1 saturated heterocycles. The summed E-state index contributed by atoms with van der Waals surface area (Å²) in [6, 6.07) is 19.5. The number of nitriles is 1. The average molecular weight is 333 g/mol. The maximum absolute atomic E-state index is 12.8. The van der Waals surface area contributed by atoms with Crippen LogP contribution in [0.1, 0.15) is 40.7 Å². The zero-order chi connectivity index (χ0) is 17.7. The number of hydrogen-bond donors (Lipinski definition) is 1. The Labute approximate surface area is 148 Å². The second kappa shape index (κ2) is 7.50. The summed E-state index contributed by atoms with van der Waals surface area (Å²) in [6.07, 6.45) is 2.76. The maximum atomic E-state index is 12.8. The van der Waals surface area contributed by atoms with Crippen molar-refractivity contribution in [2.24, 2.45) is 5.73 Å².